The molecule has 0 amide bonds. The summed E-state index contributed by atoms with van der Waals surface area (Å²) >= 11 is 0. The van der Waals surface area contributed by atoms with Crippen LogP contribution in [0.15, 0.2) is 28.7 Å². The minimum absolute atomic E-state index is 0.198. The van der Waals surface area contributed by atoms with E-state index in [-0.39, 0.29) is 5.82 Å². The van der Waals surface area contributed by atoms with Crippen molar-refractivity contribution < 1.29 is 8.81 Å². The Morgan fingerprint density at radius 1 is 1.25 bits per heavy atom. The van der Waals surface area contributed by atoms with Gasteiger partial charge in [-0.2, -0.15) is 0 Å². The lowest BCUT2D eigenvalue weighted by molar-refractivity contribution is 0.407. The highest BCUT2D eigenvalue weighted by atomic mass is 19.1. The van der Waals surface area contributed by atoms with E-state index < -0.39 is 0 Å². The molecule has 2 atom stereocenters. The van der Waals surface area contributed by atoms with E-state index >= 15 is 0 Å². The Bertz CT molecular complexity index is 577. The molecule has 0 bridgehead atoms. The van der Waals surface area contributed by atoms with Crippen LogP contribution >= 0.6 is 0 Å². The Morgan fingerprint density at radius 3 is 2.95 bits per heavy atom. The van der Waals surface area contributed by atoms with E-state index in [4.69, 9.17) is 4.42 Å². The summed E-state index contributed by atoms with van der Waals surface area (Å²) in [4.78, 5) is 0. The van der Waals surface area contributed by atoms with Crippen LogP contribution in [0.3, 0.4) is 0 Å². The van der Waals surface area contributed by atoms with Gasteiger partial charge < -0.3 is 9.73 Å². The van der Waals surface area contributed by atoms with Crippen LogP contribution in [0.2, 0.25) is 0 Å². The molecule has 1 N–H and O–H groups in total. The second kappa shape index (κ2) is 5.96. The lowest BCUT2D eigenvalue weighted by Crippen LogP contribution is -2.29. The molecule has 1 heterocycles. The standard InChI is InChI=1S/C17H22FNO/c1-2-19-15-6-4-3-5-12(10-15)17-11-13-9-14(18)7-8-16(13)20-17/h7-9,11-12,15,19H,2-6,10H2,1H3. The Kier molecular flexibility index (Phi) is 4.06. The first-order chi connectivity index (χ1) is 9.76. The van der Waals surface area contributed by atoms with Crippen molar-refractivity contribution in [3.8, 4) is 0 Å². The highest BCUT2D eigenvalue weighted by Crippen LogP contribution is 2.35. The van der Waals surface area contributed by atoms with Crippen molar-refractivity contribution in [2.75, 3.05) is 6.54 Å². The van der Waals surface area contributed by atoms with Crippen molar-refractivity contribution in [3.05, 3.63) is 35.8 Å². The summed E-state index contributed by atoms with van der Waals surface area (Å²) in [5.41, 5.74) is 0.797. The number of halogens is 1. The summed E-state index contributed by atoms with van der Waals surface area (Å²) in [6, 6.07) is 7.35. The molecule has 1 aliphatic carbocycles. The number of hydrogen-bond donors (Lipinski definition) is 1. The minimum atomic E-state index is -0.198. The summed E-state index contributed by atoms with van der Waals surface area (Å²) in [7, 11) is 0. The molecule has 1 aromatic carbocycles. The van der Waals surface area contributed by atoms with Crippen molar-refractivity contribution in [3.63, 3.8) is 0 Å². The number of nitrogens with one attached hydrogen (secondary N) is 1. The molecule has 2 aromatic rings. The van der Waals surface area contributed by atoms with Gasteiger partial charge in [0.05, 0.1) is 0 Å². The van der Waals surface area contributed by atoms with Crippen LogP contribution < -0.4 is 5.32 Å². The molecule has 3 rings (SSSR count). The van der Waals surface area contributed by atoms with Crippen LogP contribution in [0.5, 0.6) is 0 Å². The van der Waals surface area contributed by atoms with E-state index in [1.807, 2.05) is 6.07 Å². The van der Waals surface area contributed by atoms with Gasteiger partial charge >= 0.3 is 0 Å². The molecule has 3 heteroatoms. The van der Waals surface area contributed by atoms with Gasteiger partial charge in [0.2, 0.25) is 0 Å². The van der Waals surface area contributed by atoms with Crippen molar-refractivity contribution in [2.24, 2.45) is 0 Å². The molecule has 1 aliphatic rings. The van der Waals surface area contributed by atoms with Crippen LogP contribution in [0.4, 0.5) is 4.39 Å². The fourth-order valence-electron chi connectivity index (χ4n) is 3.33. The molecule has 0 aliphatic heterocycles. The van der Waals surface area contributed by atoms with E-state index in [2.05, 4.69) is 12.2 Å². The predicted molar refractivity (Wildman–Crippen MR) is 79.5 cm³/mol. The SMILES string of the molecule is CCNC1CCCCC(c2cc3cc(F)ccc3o2)C1. The molecule has 1 aromatic heterocycles. The Balaban J connectivity index is 1.84. The molecule has 20 heavy (non-hydrogen) atoms. The van der Waals surface area contributed by atoms with Gasteiger partial charge in [0, 0.05) is 17.3 Å². The summed E-state index contributed by atoms with van der Waals surface area (Å²) in [5, 5.41) is 4.44. The number of benzene rings is 1. The predicted octanol–water partition coefficient (Wildman–Crippen LogP) is 4.60. The summed E-state index contributed by atoms with van der Waals surface area (Å²) in [5.74, 6) is 1.28. The van der Waals surface area contributed by atoms with Crippen molar-refractivity contribution in [1.29, 1.82) is 0 Å². The van der Waals surface area contributed by atoms with Crippen LogP contribution in [0.1, 0.15) is 50.7 Å². The van der Waals surface area contributed by atoms with E-state index in [1.54, 1.807) is 12.1 Å². The van der Waals surface area contributed by atoms with Gasteiger partial charge in [-0.3, -0.25) is 0 Å². The summed E-state index contributed by atoms with van der Waals surface area (Å²) < 4.78 is 19.2. The van der Waals surface area contributed by atoms with Gasteiger partial charge in [-0.05, 0) is 50.1 Å². The topological polar surface area (TPSA) is 25.2 Å². The van der Waals surface area contributed by atoms with Crippen LogP contribution in [0.25, 0.3) is 11.0 Å². The molecular formula is C17H22FNO. The lowest BCUT2D eigenvalue weighted by Gasteiger charge is -2.19. The van der Waals surface area contributed by atoms with Gasteiger partial charge in [-0.1, -0.05) is 19.8 Å². The van der Waals surface area contributed by atoms with Crippen molar-refractivity contribution in [2.45, 2.75) is 51.0 Å². The normalized spacial score (nSPS) is 23.9. The third-order valence-electron chi connectivity index (χ3n) is 4.32. The van der Waals surface area contributed by atoms with Gasteiger partial charge in [0.1, 0.15) is 17.2 Å². The van der Waals surface area contributed by atoms with Gasteiger partial charge in [-0.15, -0.1) is 0 Å². The minimum Gasteiger partial charge on any atom is -0.461 e. The molecule has 2 unspecified atom stereocenters. The lowest BCUT2D eigenvalue weighted by atomic mass is 9.95. The number of hydrogen-bond acceptors (Lipinski definition) is 2. The smallest absolute Gasteiger partial charge is 0.134 e. The zero-order chi connectivity index (χ0) is 13.9. The third kappa shape index (κ3) is 2.88. The Morgan fingerprint density at radius 2 is 2.10 bits per heavy atom. The number of rotatable bonds is 3. The highest BCUT2D eigenvalue weighted by Gasteiger charge is 2.23. The first-order valence-electron chi connectivity index (χ1n) is 7.68. The zero-order valence-corrected chi connectivity index (χ0v) is 12.0. The molecule has 108 valence electrons. The fourth-order valence-corrected chi connectivity index (χ4v) is 3.33. The maximum absolute atomic E-state index is 13.3. The fraction of sp³-hybridized carbons (Fsp3) is 0.529. The highest BCUT2D eigenvalue weighted by molar-refractivity contribution is 5.78. The molecule has 2 nitrogen and oxygen atoms in total. The second-order valence-corrected chi connectivity index (χ2v) is 5.80. The average Bonchev–Trinajstić information content (AvgIpc) is 2.70. The maximum Gasteiger partial charge on any atom is 0.134 e. The van der Waals surface area contributed by atoms with Gasteiger partial charge in [-0.25, -0.2) is 4.39 Å². The van der Waals surface area contributed by atoms with Crippen LogP contribution in [-0.4, -0.2) is 12.6 Å². The van der Waals surface area contributed by atoms with E-state index in [9.17, 15) is 4.39 Å². The van der Waals surface area contributed by atoms with Gasteiger partial charge in [0.15, 0.2) is 0 Å². The van der Waals surface area contributed by atoms with Crippen LogP contribution in [-0.2, 0) is 0 Å². The molecule has 0 saturated heterocycles. The largest absolute Gasteiger partial charge is 0.461 e. The first-order valence-corrected chi connectivity index (χ1v) is 7.68. The Hall–Kier alpha value is -1.35. The van der Waals surface area contributed by atoms with Crippen molar-refractivity contribution >= 4 is 11.0 Å². The Labute approximate surface area is 119 Å². The second-order valence-electron chi connectivity index (χ2n) is 5.80. The molecule has 1 fully saturated rings. The maximum atomic E-state index is 13.3. The molecule has 0 radical (unpaired) electrons. The molecule has 1 saturated carbocycles. The zero-order valence-electron chi connectivity index (χ0n) is 12.0. The quantitative estimate of drug-likeness (QED) is 0.828. The number of furan rings is 1. The molecule has 0 spiro atoms. The molecular weight excluding hydrogens is 253 g/mol. The van der Waals surface area contributed by atoms with E-state index in [1.165, 1.54) is 31.7 Å². The summed E-state index contributed by atoms with van der Waals surface area (Å²) in [6.07, 6.45) is 6.07. The average molecular weight is 275 g/mol. The van der Waals surface area contributed by atoms with Crippen molar-refractivity contribution in [1.82, 2.24) is 5.32 Å². The van der Waals surface area contributed by atoms with E-state index in [0.29, 0.717) is 12.0 Å². The van der Waals surface area contributed by atoms with Gasteiger partial charge in [0.25, 0.3) is 0 Å². The first kappa shape index (κ1) is 13.6. The number of fused-ring (bicyclic) bond motifs is 1. The van der Waals surface area contributed by atoms with Crippen LogP contribution in [0, 0.1) is 5.82 Å². The van der Waals surface area contributed by atoms with E-state index in [0.717, 1.165) is 29.7 Å². The monoisotopic (exact) mass is 275 g/mol. The third-order valence-corrected chi connectivity index (χ3v) is 4.32. The summed E-state index contributed by atoms with van der Waals surface area (Å²) in [6.45, 7) is 3.17.